The molecular weight excluding hydrogens is 234 g/mol. The molecule has 3 aromatic rings. The molecule has 0 bridgehead atoms. The predicted molar refractivity (Wildman–Crippen MR) is 77.6 cm³/mol. The summed E-state index contributed by atoms with van der Waals surface area (Å²) in [4.78, 5) is 4.43. The first-order valence-electron chi connectivity index (χ1n) is 6.24. The highest BCUT2D eigenvalue weighted by Crippen LogP contribution is 2.20. The summed E-state index contributed by atoms with van der Waals surface area (Å²) < 4.78 is 2.13. The van der Waals surface area contributed by atoms with Gasteiger partial charge in [-0.2, -0.15) is 0 Å². The van der Waals surface area contributed by atoms with E-state index in [0.717, 1.165) is 23.6 Å². The van der Waals surface area contributed by atoms with Gasteiger partial charge in [-0.1, -0.05) is 42.5 Å². The van der Waals surface area contributed by atoms with Crippen molar-refractivity contribution in [3.05, 3.63) is 72.6 Å². The number of rotatable bonds is 3. The van der Waals surface area contributed by atoms with E-state index in [1.165, 1.54) is 5.56 Å². The van der Waals surface area contributed by atoms with E-state index in [-0.39, 0.29) is 0 Å². The summed E-state index contributed by atoms with van der Waals surface area (Å²) in [6.45, 7) is 0.810. The lowest BCUT2D eigenvalue weighted by Crippen LogP contribution is -2.01. The highest BCUT2D eigenvalue weighted by Gasteiger charge is 2.06. The normalized spacial score (nSPS) is 10.5. The highest BCUT2D eigenvalue weighted by molar-refractivity contribution is 5.61. The van der Waals surface area contributed by atoms with Gasteiger partial charge in [-0.05, 0) is 17.7 Å². The first kappa shape index (κ1) is 11.5. The molecule has 0 saturated carbocycles. The van der Waals surface area contributed by atoms with Crippen LogP contribution in [0.2, 0.25) is 0 Å². The van der Waals surface area contributed by atoms with E-state index in [2.05, 4.69) is 21.7 Å². The summed E-state index contributed by atoms with van der Waals surface area (Å²) in [6, 6.07) is 18.2. The molecule has 2 N–H and O–H groups in total. The van der Waals surface area contributed by atoms with E-state index in [0.29, 0.717) is 0 Å². The van der Waals surface area contributed by atoms with Crippen LogP contribution in [-0.4, -0.2) is 9.55 Å². The minimum Gasteiger partial charge on any atom is -0.399 e. The summed E-state index contributed by atoms with van der Waals surface area (Å²) >= 11 is 0. The SMILES string of the molecule is Nc1cccc(-c2nccn2Cc2ccccc2)c1. The van der Waals surface area contributed by atoms with Crippen molar-refractivity contribution in [2.45, 2.75) is 6.54 Å². The van der Waals surface area contributed by atoms with Crippen molar-refractivity contribution in [3.8, 4) is 11.4 Å². The maximum Gasteiger partial charge on any atom is 0.140 e. The molecule has 0 aliphatic rings. The van der Waals surface area contributed by atoms with Crippen LogP contribution >= 0.6 is 0 Å². The van der Waals surface area contributed by atoms with E-state index in [9.17, 15) is 0 Å². The Hall–Kier alpha value is -2.55. The molecule has 1 heterocycles. The Labute approximate surface area is 112 Å². The molecule has 0 aliphatic heterocycles. The fraction of sp³-hybridized carbons (Fsp3) is 0.0625. The van der Waals surface area contributed by atoms with E-state index >= 15 is 0 Å². The number of hydrogen-bond acceptors (Lipinski definition) is 2. The summed E-state index contributed by atoms with van der Waals surface area (Å²) in [7, 11) is 0. The van der Waals surface area contributed by atoms with Gasteiger partial charge >= 0.3 is 0 Å². The molecule has 0 amide bonds. The molecule has 3 heteroatoms. The molecule has 0 saturated heterocycles. The van der Waals surface area contributed by atoms with Crippen molar-refractivity contribution in [1.29, 1.82) is 0 Å². The Balaban J connectivity index is 1.95. The molecule has 19 heavy (non-hydrogen) atoms. The molecule has 0 radical (unpaired) electrons. The molecule has 0 atom stereocenters. The van der Waals surface area contributed by atoms with E-state index in [1.54, 1.807) is 0 Å². The molecule has 3 nitrogen and oxygen atoms in total. The third-order valence-corrected chi connectivity index (χ3v) is 3.06. The van der Waals surface area contributed by atoms with Gasteiger partial charge in [-0.15, -0.1) is 0 Å². The van der Waals surface area contributed by atoms with Crippen LogP contribution in [0.3, 0.4) is 0 Å². The van der Waals surface area contributed by atoms with Gasteiger partial charge in [-0.25, -0.2) is 4.98 Å². The van der Waals surface area contributed by atoms with Crippen LogP contribution in [0, 0.1) is 0 Å². The number of imidazole rings is 1. The maximum atomic E-state index is 5.83. The second-order valence-electron chi connectivity index (χ2n) is 4.49. The van der Waals surface area contributed by atoms with Crippen LogP contribution in [0.1, 0.15) is 5.56 Å². The predicted octanol–water partition coefficient (Wildman–Crippen LogP) is 3.18. The standard InChI is InChI=1S/C16H15N3/c17-15-8-4-7-14(11-15)16-18-9-10-19(16)12-13-5-2-1-3-6-13/h1-11H,12,17H2. The Morgan fingerprint density at radius 3 is 2.63 bits per heavy atom. The van der Waals surface area contributed by atoms with Gasteiger partial charge in [0.15, 0.2) is 0 Å². The fourth-order valence-electron chi connectivity index (χ4n) is 2.15. The monoisotopic (exact) mass is 249 g/mol. The van der Waals surface area contributed by atoms with E-state index in [4.69, 9.17) is 5.73 Å². The quantitative estimate of drug-likeness (QED) is 0.724. The van der Waals surface area contributed by atoms with E-state index < -0.39 is 0 Å². The smallest absolute Gasteiger partial charge is 0.140 e. The lowest BCUT2D eigenvalue weighted by atomic mass is 10.2. The van der Waals surface area contributed by atoms with Crippen molar-refractivity contribution < 1.29 is 0 Å². The summed E-state index contributed by atoms with van der Waals surface area (Å²) in [5, 5.41) is 0. The second-order valence-corrected chi connectivity index (χ2v) is 4.49. The number of benzene rings is 2. The van der Waals surface area contributed by atoms with Gasteiger partial charge in [0.1, 0.15) is 5.82 Å². The van der Waals surface area contributed by atoms with Crippen molar-refractivity contribution in [2.75, 3.05) is 5.73 Å². The Morgan fingerprint density at radius 1 is 1.00 bits per heavy atom. The molecule has 0 spiro atoms. The minimum atomic E-state index is 0.756. The number of nitrogens with two attached hydrogens (primary N) is 1. The summed E-state index contributed by atoms with van der Waals surface area (Å²) in [5.41, 5.74) is 8.88. The van der Waals surface area contributed by atoms with Gasteiger partial charge < -0.3 is 10.3 Å². The second kappa shape index (κ2) is 4.98. The number of hydrogen-bond donors (Lipinski definition) is 1. The van der Waals surface area contributed by atoms with Crippen LogP contribution < -0.4 is 5.73 Å². The molecule has 3 rings (SSSR count). The van der Waals surface area contributed by atoms with Crippen molar-refractivity contribution in [2.24, 2.45) is 0 Å². The first-order chi connectivity index (χ1) is 9.33. The zero-order valence-corrected chi connectivity index (χ0v) is 10.5. The van der Waals surface area contributed by atoms with Crippen LogP contribution in [0.25, 0.3) is 11.4 Å². The van der Waals surface area contributed by atoms with Crippen LogP contribution in [0.4, 0.5) is 5.69 Å². The zero-order chi connectivity index (χ0) is 13.1. The largest absolute Gasteiger partial charge is 0.399 e. The zero-order valence-electron chi connectivity index (χ0n) is 10.5. The third-order valence-electron chi connectivity index (χ3n) is 3.06. The summed E-state index contributed by atoms with van der Waals surface area (Å²) in [5.74, 6) is 0.941. The van der Waals surface area contributed by atoms with Gasteiger partial charge in [0.25, 0.3) is 0 Å². The number of anilines is 1. The Kier molecular flexibility index (Phi) is 3.02. The van der Waals surface area contributed by atoms with Crippen molar-refractivity contribution in [3.63, 3.8) is 0 Å². The number of nitrogen functional groups attached to an aromatic ring is 1. The minimum absolute atomic E-state index is 0.756. The van der Waals surface area contributed by atoms with Crippen LogP contribution in [0.5, 0.6) is 0 Å². The molecule has 1 aromatic heterocycles. The lowest BCUT2D eigenvalue weighted by Gasteiger charge is -2.08. The topological polar surface area (TPSA) is 43.8 Å². The van der Waals surface area contributed by atoms with Crippen molar-refractivity contribution >= 4 is 5.69 Å². The van der Waals surface area contributed by atoms with Gasteiger partial charge in [0, 0.05) is 30.2 Å². The average molecular weight is 249 g/mol. The van der Waals surface area contributed by atoms with Crippen LogP contribution in [-0.2, 0) is 6.54 Å². The number of nitrogens with zero attached hydrogens (tertiary/aromatic N) is 2. The van der Waals surface area contributed by atoms with Crippen LogP contribution in [0.15, 0.2) is 67.0 Å². The first-order valence-corrected chi connectivity index (χ1v) is 6.24. The Morgan fingerprint density at radius 2 is 1.84 bits per heavy atom. The maximum absolute atomic E-state index is 5.83. The molecular formula is C16H15N3. The average Bonchev–Trinajstić information content (AvgIpc) is 2.88. The number of aromatic nitrogens is 2. The summed E-state index contributed by atoms with van der Waals surface area (Å²) in [6.07, 6.45) is 3.81. The molecule has 0 fully saturated rings. The molecule has 0 aliphatic carbocycles. The molecule has 94 valence electrons. The highest BCUT2D eigenvalue weighted by atomic mass is 15.1. The Bertz CT molecular complexity index is 671. The fourth-order valence-corrected chi connectivity index (χ4v) is 2.15. The molecule has 2 aromatic carbocycles. The van der Waals surface area contributed by atoms with Gasteiger partial charge in [-0.3, -0.25) is 0 Å². The third kappa shape index (κ3) is 2.50. The van der Waals surface area contributed by atoms with Crippen molar-refractivity contribution in [1.82, 2.24) is 9.55 Å². The lowest BCUT2D eigenvalue weighted by molar-refractivity contribution is 0.807. The molecule has 0 unspecified atom stereocenters. The van der Waals surface area contributed by atoms with E-state index in [1.807, 2.05) is 54.9 Å². The van der Waals surface area contributed by atoms with Gasteiger partial charge in [0.2, 0.25) is 0 Å². The van der Waals surface area contributed by atoms with Gasteiger partial charge in [0.05, 0.1) is 0 Å².